The van der Waals surface area contributed by atoms with Crippen molar-refractivity contribution >= 4 is 11.6 Å². The number of aromatic nitrogens is 2. The number of piperidine rings is 1. The molecule has 6 nitrogen and oxygen atoms in total. The molecule has 0 spiro atoms. The fraction of sp³-hybridized carbons (Fsp3) is 0.583. The highest BCUT2D eigenvalue weighted by molar-refractivity contribution is 5.77. The highest BCUT2D eigenvalue weighted by Gasteiger charge is 2.16. The lowest BCUT2D eigenvalue weighted by Crippen LogP contribution is -2.35. The van der Waals surface area contributed by atoms with Gasteiger partial charge < -0.3 is 10.6 Å². The lowest BCUT2D eigenvalue weighted by molar-refractivity contribution is -0.121. The Hall–Kier alpha value is -1.85. The molecule has 2 heterocycles. The summed E-state index contributed by atoms with van der Waals surface area (Å²) in [5.74, 6) is -0.560. The molecule has 1 aromatic rings. The normalized spacial score (nSPS) is 17.5. The van der Waals surface area contributed by atoms with E-state index in [-0.39, 0.29) is 5.56 Å². The zero-order valence-corrected chi connectivity index (χ0v) is 10.5. The number of primary amides is 1. The Labute approximate surface area is 105 Å². The van der Waals surface area contributed by atoms with Gasteiger partial charge in [0.25, 0.3) is 5.56 Å². The predicted molar refractivity (Wildman–Crippen MR) is 68.5 cm³/mol. The molecule has 1 fully saturated rings. The molecule has 1 atom stereocenters. The molecule has 1 aliphatic heterocycles. The smallest absolute Gasteiger partial charge is 0.269 e. The molecular weight excluding hydrogens is 232 g/mol. The summed E-state index contributed by atoms with van der Waals surface area (Å²) in [5.41, 5.74) is 5.71. The van der Waals surface area contributed by atoms with Crippen LogP contribution in [0.5, 0.6) is 0 Å². The Bertz CT molecular complexity index is 491. The first-order valence-electron chi connectivity index (χ1n) is 6.23. The summed E-state index contributed by atoms with van der Waals surface area (Å²) in [6, 6.07) is 0.811. The summed E-state index contributed by atoms with van der Waals surface area (Å²) >= 11 is 0. The lowest BCUT2D eigenvalue weighted by atomic mass is 10.1. The van der Waals surface area contributed by atoms with E-state index < -0.39 is 11.9 Å². The number of amides is 1. The van der Waals surface area contributed by atoms with Crippen LogP contribution in [0.3, 0.4) is 0 Å². The number of carbonyl (C=O) groups excluding carboxylic acids is 1. The van der Waals surface area contributed by atoms with Gasteiger partial charge in [-0.2, -0.15) is 5.10 Å². The molecule has 1 saturated heterocycles. The third-order valence-corrected chi connectivity index (χ3v) is 3.31. The van der Waals surface area contributed by atoms with Crippen LogP contribution in [0.15, 0.2) is 17.1 Å². The summed E-state index contributed by atoms with van der Waals surface area (Å²) < 4.78 is 1.12. The monoisotopic (exact) mass is 250 g/mol. The maximum atomic E-state index is 11.9. The molecule has 1 aliphatic rings. The Kier molecular flexibility index (Phi) is 3.64. The van der Waals surface area contributed by atoms with E-state index in [0.717, 1.165) is 36.3 Å². The molecule has 0 radical (unpaired) electrons. The van der Waals surface area contributed by atoms with Crippen molar-refractivity contribution in [3.05, 3.63) is 22.6 Å². The van der Waals surface area contributed by atoms with Crippen LogP contribution in [-0.2, 0) is 4.79 Å². The third-order valence-electron chi connectivity index (χ3n) is 3.31. The van der Waals surface area contributed by atoms with Gasteiger partial charge in [0.15, 0.2) is 0 Å². The molecule has 0 aliphatic carbocycles. The van der Waals surface area contributed by atoms with Gasteiger partial charge in [0.2, 0.25) is 5.91 Å². The molecule has 18 heavy (non-hydrogen) atoms. The van der Waals surface area contributed by atoms with Gasteiger partial charge in [-0.05, 0) is 26.2 Å². The van der Waals surface area contributed by atoms with Crippen LogP contribution in [0.1, 0.15) is 32.2 Å². The van der Waals surface area contributed by atoms with Crippen molar-refractivity contribution in [3.63, 3.8) is 0 Å². The van der Waals surface area contributed by atoms with Gasteiger partial charge in [-0.15, -0.1) is 0 Å². The minimum Gasteiger partial charge on any atom is -0.370 e. The van der Waals surface area contributed by atoms with E-state index in [1.54, 1.807) is 13.1 Å². The number of rotatable bonds is 3. The van der Waals surface area contributed by atoms with Gasteiger partial charge in [-0.3, -0.25) is 9.59 Å². The predicted octanol–water partition coefficient (Wildman–Crippen LogP) is 0.280. The van der Waals surface area contributed by atoms with Crippen LogP contribution >= 0.6 is 0 Å². The topological polar surface area (TPSA) is 81.2 Å². The summed E-state index contributed by atoms with van der Waals surface area (Å²) in [6.45, 7) is 3.48. The van der Waals surface area contributed by atoms with E-state index in [2.05, 4.69) is 10.00 Å². The maximum Gasteiger partial charge on any atom is 0.269 e. The van der Waals surface area contributed by atoms with Crippen molar-refractivity contribution in [1.29, 1.82) is 0 Å². The van der Waals surface area contributed by atoms with Crippen LogP contribution in [0.2, 0.25) is 0 Å². The zero-order chi connectivity index (χ0) is 13.1. The highest BCUT2D eigenvalue weighted by Crippen LogP contribution is 2.17. The average Bonchev–Trinajstić information content (AvgIpc) is 2.38. The average molecular weight is 250 g/mol. The van der Waals surface area contributed by atoms with Crippen molar-refractivity contribution in [2.24, 2.45) is 5.73 Å². The summed E-state index contributed by atoms with van der Waals surface area (Å²) in [7, 11) is 0. The van der Waals surface area contributed by atoms with Crippen LogP contribution in [-0.4, -0.2) is 28.8 Å². The second kappa shape index (κ2) is 5.20. The molecule has 0 aromatic carbocycles. The minimum absolute atomic E-state index is 0.288. The second-order valence-electron chi connectivity index (χ2n) is 4.62. The molecule has 1 unspecified atom stereocenters. The minimum atomic E-state index is -0.715. The van der Waals surface area contributed by atoms with Crippen LogP contribution in [0.4, 0.5) is 5.69 Å². The zero-order valence-electron chi connectivity index (χ0n) is 10.5. The quantitative estimate of drug-likeness (QED) is 0.835. The molecule has 1 amide bonds. The first-order valence-corrected chi connectivity index (χ1v) is 6.23. The van der Waals surface area contributed by atoms with E-state index in [1.165, 1.54) is 12.5 Å². The van der Waals surface area contributed by atoms with Gasteiger partial charge in [0.1, 0.15) is 6.04 Å². The van der Waals surface area contributed by atoms with Gasteiger partial charge in [-0.25, -0.2) is 4.68 Å². The summed E-state index contributed by atoms with van der Waals surface area (Å²) in [6.07, 6.45) is 5.15. The Morgan fingerprint density at radius 3 is 2.61 bits per heavy atom. The Balaban J connectivity index is 2.24. The standard InChI is InChI=1S/C12H18N4O2/c1-9(12(13)18)16-11(17)7-10(8-14-16)15-5-3-2-4-6-15/h7-9H,2-6H2,1H3,(H2,13,18). The van der Waals surface area contributed by atoms with Crippen molar-refractivity contribution in [2.45, 2.75) is 32.2 Å². The summed E-state index contributed by atoms with van der Waals surface area (Å²) in [4.78, 5) is 25.1. The highest BCUT2D eigenvalue weighted by atomic mass is 16.2. The number of anilines is 1. The van der Waals surface area contributed by atoms with Crippen LogP contribution in [0.25, 0.3) is 0 Å². The van der Waals surface area contributed by atoms with Crippen LogP contribution in [0, 0.1) is 0 Å². The van der Waals surface area contributed by atoms with Crippen molar-refractivity contribution in [1.82, 2.24) is 9.78 Å². The van der Waals surface area contributed by atoms with Gasteiger partial charge in [-0.1, -0.05) is 0 Å². The van der Waals surface area contributed by atoms with Gasteiger partial charge in [0.05, 0.1) is 11.9 Å². The number of hydrogen-bond donors (Lipinski definition) is 1. The molecule has 1 aromatic heterocycles. The van der Waals surface area contributed by atoms with E-state index in [9.17, 15) is 9.59 Å². The molecule has 2 rings (SSSR count). The van der Waals surface area contributed by atoms with Crippen molar-refractivity contribution < 1.29 is 4.79 Å². The van der Waals surface area contributed by atoms with Gasteiger partial charge in [0, 0.05) is 19.2 Å². The van der Waals surface area contributed by atoms with Crippen molar-refractivity contribution in [3.8, 4) is 0 Å². The Morgan fingerprint density at radius 1 is 1.39 bits per heavy atom. The van der Waals surface area contributed by atoms with E-state index in [0.29, 0.717) is 0 Å². The Morgan fingerprint density at radius 2 is 2.06 bits per heavy atom. The number of nitrogens with zero attached hydrogens (tertiary/aromatic N) is 3. The van der Waals surface area contributed by atoms with E-state index in [1.807, 2.05) is 0 Å². The fourth-order valence-corrected chi connectivity index (χ4v) is 2.14. The van der Waals surface area contributed by atoms with E-state index in [4.69, 9.17) is 5.73 Å². The molecule has 0 bridgehead atoms. The maximum absolute atomic E-state index is 11.9. The molecule has 2 N–H and O–H groups in total. The van der Waals surface area contributed by atoms with Crippen molar-refractivity contribution in [2.75, 3.05) is 18.0 Å². The number of nitrogens with two attached hydrogens (primary N) is 1. The van der Waals surface area contributed by atoms with Crippen LogP contribution < -0.4 is 16.2 Å². The first-order chi connectivity index (χ1) is 8.59. The SMILES string of the molecule is CC(C(N)=O)n1ncc(N2CCCCC2)cc1=O. The second-order valence-corrected chi connectivity index (χ2v) is 4.62. The molecule has 98 valence electrons. The lowest BCUT2D eigenvalue weighted by Gasteiger charge is -2.28. The van der Waals surface area contributed by atoms with E-state index >= 15 is 0 Å². The summed E-state index contributed by atoms with van der Waals surface area (Å²) in [5, 5.41) is 4.04. The molecule has 0 saturated carbocycles. The third kappa shape index (κ3) is 2.52. The first kappa shape index (κ1) is 12.6. The van der Waals surface area contributed by atoms with Gasteiger partial charge >= 0.3 is 0 Å². The molecule has 6 heteroatoms. The molecular formula is C12H18N4O2. The largest absolute Gasteiger partial charge is 0.370 e. The fourth-order valence-electron chi connectivity index (χ4n) is 2.14. The number of carbonyl (C=O) groups is 1. The number of hydrogen-bond acceptors (Lipinski definition) is 4.